The normalized spacial score (nSPS) is 17.4. The maximum atomic E-state index is 12.0. The molecule has 6 nitrogen and oxygen atoms in total. The first kappa shape index (κ1) is 17.0. The lowest BCUT2D eigenvalue weighted by atomic mass is 9.99. The van der Waals surface area contributed by atoms with E-state index in [2.05, 4.69) is 0 Å². The van der Waals surface area contributed by atoms with E-state index in [1.165, 1.54) is 4.90 Å². The average molecular weight is 319 g/mol. The molecule has 1 atom stereocenters. The molecule has 23 heavy (non-hydrogen) atoms. The van der Waals surface area contributed by atoms with Crippen molar-refractivity contribution in [2.45, 2.75) is 45.4 Å². The van der Waals surface area contributed by atoms with Crippen molar-refractivity contribution in [2.24, 2.45) is 0 Å². The Hall–Kier alpha value is -2.37. The van der Waals surface area contributed by atoms with Crippen molar-refractivity contribution in [2.75, 3.05) is 6.54 Å². The molecule has 1 saturated heterocycles. The number of likely N-dealkylation sites (tertiary alicyclic amines) is 1. The number of rotatable bonds is 4. The number of benzene rings is 1. The fraction of sp³-hybridized carbons (Fsp3) is 0.471. The van der Waals surface area contributed by atoms with Crippen LogP contribution in [0.15, 0.2) is 30.3 Å². The molecule has 1 aliphatic rings. The van der Waals surface area contributed by atoms with E-state index in [1.807, 2.05) is 30.3 Å². The number of Topliss-reactive ketones (excluding diaryl/α,β-unsaturated/α-hetero) is 1. The predicted octanol–water partition coefficient (Wildman–Crippen LogP) is 2.31. The molecule has 1 amide bonds. The fourth-order valence-corrected chi connectivity index (χ4v) is 2.14. The van der Waals surface area contributed by atoms with Crippen LogP contribution in [0.3, 0.4) is 0 Å². The topological polar surface area (TPSA) is 72.9 Å². The molecule has 1 fully saturated rings. The smallest absolute Gasteiger partial charge is 0.411 e. The number of carbonyl (C=O) groups is 3. The van der Waals surface area contributed by atoms with Crippen molar-refractivity contribution < 1.29 is 23.9 Å². The van der Waals surface area contributed by atoms with Gasteiger partial charge in [-0.25, -0.2) is 4.79 Å². The van der Waals surface area contributed by atoms with Gasteiger partial charge in [-0.2, -0.15) is 0 Å². The summed E-state index contributed by atoms with van der Waals surface area (Å²) in [5, 5.41) is 0. The second kappa shape index (κ2) is 6.81. The molecule has 0 unspecified atom stereocenters. The van der Waals surface area contributed by atoms with E-state index in [-0.39, 0.29) is 25.4 Å². The SMILES string of the molecule is CC(C)(C)OC(=O)N1CC(=O)[C@@H]1CC(=O)OCc1ccccc1. The molecule has 1 aromatic carbocycles. The largest absolute Gasteiger partial charge is 0.461 e. The molecule has 0 aromatic heterocycles. The Morgan fingerprint density at radius 2 is 1.87 bits per heavy atom. The van der Waals surface area contributed by atoms with Gasteiger partial charge in [0, 0.05) is 0 Å². The van der Waals surface area contributed by atoms with E-state index in [1.54, 1.807) is 20.8 Å². The molecule has 124 valence electrons. The molecule has 1 heterocycles. The summed E-state index contributed by atoms with van der Waals surface area (Å²) < 4.78 is 10.4. The van der Waals surface area contributed by atoms with Crippen molar-refractivity contribution in [3.05, 3.63) is 35.9 Å². The van der Waals surface area contributed by atoms with Gasteiger partial charge in [0.05, 0.1) is 13.0 Å². The predicted molar refractivity (Wildman–Crippen MR) is 82.6 cm³/mol. The second-order valence-corrected chi connectivity index (χ2v) is 6.44. The first-order chi connectivity index (χ1) is 10.8. The van der Waals surface area contributed by atoms with Crippen molar-refractivity contribution in [1.29, 1.82) is 0 Å². The minimum atomic E-state index is -0.784. The van der Waals surface area contributed by atoms with Crippen molar-refractivity contribution >= 4 is 17.8 Å². The Bertz CT molecular complexity index is 591. The minimum Gasteiger partial charge on any atom is -0.461 e. The standard InChI is InChI=1S/C17H21NO5/c1-17(2,3)23-16(21)18-10-14(19)13(18)9-15(20)22-11-12-7-5-4-6-8-12/h4-8,13H,9-11H2,1-3H3/t13-/m0/s1. The number of amides is 1. The molecular formula is C17H21NO5. The van der Waals surface area contributed by atoms with Gasteiger partial charge in [0.2, 0.25) is 0 Å². The van der Waals surface area contributed by atoms with Crippen LogP contribution in [-0.2, 0) is 25.7 Å². The Kier molecular flexibility index (Phi) is 5.03. The van der Waals surface area contributed by atoms with Crippen molar-refractivity contribution in [3.63, 3.8) is 0 Å². The zero-order valence-corrected chi connectivity index (χ0v) is 13.6. The molecule has 1 aliphatic heterocycles. The van der Waals surface area contributed by atoms with Crippen LogP contribution < -0.4 is 0 Å². The third-order valence-electron chi connectivity index (χ3n) is 3.30. The Morgan fingerprint density at radius 1 is 1.22 bits per heavy atom. The quantitative estimate of drug-likeness (QED) is 0.796. The van der Waals surface area contributed by atoms with Gasteiger partial charge < -0.3 is 9.47 Å². The summed E-state index contributed by atoms with van der Waals surface area (Å²) in [4.78, 5) is 36.7. The molecular weight excluding hydrogens is 298 g/mol. The number of hydrogen-bond donors (Lipinski definition) is 0. The van der Waals surface area contributed by atoms with Crippen molar-refractivity contribution in [3.8, 4) is 0 Å². The molecule has 0 radical (unpaired) electrons. The lowest BCUT2D eigenvalue weighted by Gasteiger charge is -2.39. The summed E-state index contributed by atoms with van der Waals surface area (Å²) in [6.07, 6.45) is -0.733. The second-order valence-electron chi connectivity index (χ2n) is 6.44. The van der Waals surface area contributed by atoms with Gasteiger partial charge in [-0.1, -0.05) is 30.3 Å². The fourth-order valence-electron chi connectivity index (χ4n) is 2.14. The first-order valence-electron chi connectivity index (χ1n) is 7.48. The molecule has 0 bridgehead atoms. The number of nitrogens with zero attached hydrogens (tertiary/aromatic N) is 1. The van der Waals surface area contributed by atoms with Crippen LogP contribution in [0.5, 0.6) is 0 Å². The number of ketones is 1. The van der Waals surface area contributed by atoms with Crippen LogP contribution in [0.2, 0.25) is 0 Å². The van der Waals surface area contributed by atoms with Crippen LogP contribution >= 0.6 is 0 Å². The number of esters is 1. The number of carbonyl (C=O) groups excluding carboxylic acids is 3. The minimum absolute atomic E-state index is 0.0223. The van der Waals surface area contributed by atoms with Gasteiger partial charge in [0.25, 0.3) is 0 Å². The maximum Gasteiger partial charge on any atom is 0.411 e. The van der Waals surface area contributed by atoms with E-state index < -0.39 is 23.7 Å². The van der Waals surface area contributed by atoms with E-state index >= 15 is 0 Å². The molecule has 0 spiro atoms. The third-order valence-corrected chi connectivity index (χ3v) is 3.30. The lowest BCUT2D eigenvalue weighted by molar-refractivity contribution is -0.151. The highest BCUT2D eigenvalue weighted by atomic mass is 16.6. The summed E-state index contributed by atoms with van der Waals surface area (Å²) in [5.41, 5.74) is 0.221. The Morgan fingerprint density at radius 3 is 2.43 bits per heavy atom. The van der Waals surface area contributed by atoms with E-state index in [0.717, 1.165) is 5.56 Å². The first-order valence-corrected chi connectivity index (χ1v) is 7.48. The number of ether oxygens (including phenoxy) is 2. The van der Waals surface area contributed by atoms with Gasteiger partial charge >= 0.3 is 12.1 Å². The monoisotopic (exact) mass is 319 g/mol. The van der Waals surface area contributed by atoms with Crippen LogP contribution in [0.1, 0.15) is 32.8 Å². The number of hydrogen-bond acceptors (Lipinski definition) is 5. The third kappa shape index (κ3) is 4.81. The lowest BCUT2D eigenvalue weighted by Crippen LogP contribution is -2.61. The Labute approximate surface area is 135 Å². The molecule has 0 N–H and O–H groups in total. The molecule has 6 heteroatoms. The summed E-state index contributed by atoms with van der Waals surface area (Å²) >= 11 is 0. The molecule has 0 aliphatic carbocycles. The summed E-state index contributed by atoms with van der Waals surface area (Å²) in [6, 6.07) is 8.47. The van der Waals surface area contributed by atoms with Gasteiger partial charge in [-0.15, -0.1) is 0 Å². The Balaban J connectivity index is 1.84. The zero-order valence-electron chi connectivity index (χ0n) is 13.6. The highest BCUT2D eigenvalue weighted by Gasteiger charge is 2.44. The van der Waals surface area contributed by atoms with Crippen molar-refractivity contribution in [1.82, 2.24) is 4.90 Å². The van der Waals surface area contributed by atoms with Crippen LogP contribution in [0, 0.1) is 0 Å². The van der Waals surface area contributed by atoms with Gasteiger partial charge in [0.1, 0.15) is 18.2 Å². The van der Waals surface area contributed by atoms with E-state index in [9.17, 15) is 14.4 Å². The van der Waals surface area contributed by atoms with Gasteiger partial charge in [-0.3, -0.25) is 14.5 Å². The highest BCUT2D eigenvalue weighted by Crippen LogP contribution is 2.21. The van der Waals surface area contributed by atoms with E-state index in [0.29, 0.717) is 0 Å². The highest BCUT2D eigenvalue weighted by molar-refractivity contribution is 5.99. The zero-order chi connectivity index (χ0) is 17.0. The summed E-state index contributed by atoms with van der Waals surface area (Å²) in [5.74, 6) is -0.673. The van der Waals surface area contributed by atoms with Gasteiger partial charge in [0.15, 0.2) is 5.78 Å². The van der Waals surface area contributed by atoms with Gasteiger partial charge in [-0.05, 0) is 26.3 Å². The average Bonchev–Trinajstić information content (AvgIpc) is 2.47. The molecule has 2 rings (SSSR count). The summed E-state index contributed by atoms with van der Waals surface area (Å²) in [6.45, 7) is 5.36. The van der Waals surface area contributed by atoms with E-state index in [4.69, 9.17) is 9.47 Å². The van der Waals surface area contributed by atoms with Crippen LogP contribution in [0.4, 0.5) is 4.79 Å². The van der Waals surface area contributed by atoms with Crippen LogP contribution in [-0.4, -0.2) is 40.9 Å². The maximum absolute atomic E-state index is 12.0. The molecule has 1 aromatic rings. The van der Waals surface area contributed by atoms with Crippen LogP contribution in [0.25, 0.3) is 0 Å². The summed E-state index contributed by atoms with van der Waals surface area (Å²) in [7, 11) is 0. The molecule has 0 saturated carbocycles.